The molecule has 0 radical (unpaired) electrons. The molecular formula is C25H29N3O2. The second-order valence-corrected chi connectivity index (χ2v) is 9.38. The maximum atomic E-state index is 13.7. The van der Waals surface area contributed by atoms with Crippen LogP contribution in [0.3, 0.4) is 0 Å². The number of nitrogens with zero attached hydrogens (tertiary/aromatic N) is 1. The number of amides is 1. The van der Waals surface area contributed by atoms with Crippen molar-refractivity contribution in [2.45, 2.75) is 47.5 Å². The van der Waals surface area contributed by atoms with E-state index in [1.54, 1.807) is 0 Å². The van der Waals surface area contributed by atoms with Crippen molar-refractivity contribution in [3.8, 4) is 0 Å². The van der Waals surface area contributed by atoms with Crippen molar-refractivity contribution < 1.29 is 9.59 Å². The van der Waals surface area contributed by atoms with Crippen molar-refractivity contribution in [2.75, 3.05) is 10.7 Å². The number of nitrogens with one attached hydrogen (secondary N) is 2. The van der Waals surface area contributed by atoms with Crippen LogP contribution >= 0.6 is 0 Å². The molecule has 5 nitrogen and oxygen atoms in total. The molecule has 2 fully saturated rings. The Morgan fingerprint density at radius 3 is 2.30 bits per heavy atom. The zero-order valence-electron chi connectivity index (χ0n) is 18.3. The van der Waals surface area contributed by atoms with Crippen molar-refractivity contribution in [3.63, 3.8) is 0 Å². The number of aryl methyl sites for hydroxylation is 2. The number of hydrazone groups is 1. The molecule has 0 aromatic heterocycles. The third kappa shape index (κ3) is 2.64. The number of ketones is 1. The fraction of sp³-hybridized carbons (Fsp3) is 0.400. The minimum atomic E-state index is -1.11. The van der Waals surface area contributed by atoms with E-state index in [9.17, 15) is 9.59 Å². The molecule has 2 aromatic carbocycles. The molecule has 156 valence electrons. The first-order valence-electron chi connectivity index (χ1n) is 10.5. The molecule has 4 rings (SSSR count). The summed E-state index contributed by atoms with van der Waals surface area (Å²) in [5.41, 5.74) is 5.18. The molecule has 5 heteroatoms. The lowest BCUT2D eigenvalue weighted by Gasteiger charge is -2.37. The molecule has 2 bridgehead atoms. The van der Waals surface area contributed by atoms with Gasteiger partial charge in [-0.3, -0.25) is 15.0 Å². The monoisotopic (exact) mass is 403 g/mol. The lowest BCUT2D eigenvalue weighted by molar-refractivity contribution is -0.139. The number of carbonyl (C=O) groups is 2. The molecule has 30 heavy (non-hydrogen) atoms. The van der Waals surface area contributed by atoms with Gasteiger partial charge < -0.3 is 5.32 Å². The summed E-state index contributed by atoms with van der Waals surface area (Å²) in [6.45, 7) is 10.2. The number of hydrogen-bond donors (Lipinski definition) is 2. The van der Waals surface area contributed by atoms with Crippen LogP contribution in [0, 0.1) is 30.1 Å². The van der Waals surface area contributed by atoms with Gasteiger partial charge in [0.25, 0.3) is 0 Å². The van der Waals surface area contributed by atoms with Crippen molar-refractivity contribution in [1.29, 1.82) is 0 Å². The summed E-state index contributed by atoms with van der Waals surface area (Å²) >= 11 is 0. The molecule has 0 saturated heterocycles. The molecule has 2 aromatic rings. The highest BCUT2D eigenvalue weighted by Gasteiger charge is 2.76. The first-order chi connectivity index (χ1) is 14.1. The molecule has 0 aliphatic heterocycles. The number of carbonyl (C=O) groups excluding carboxylic acids is 2. The smallest absolute Gasteiger partial charge is 0.239 e. The number of rotatable bonds is 4. The molecule has 2 saturated carbocycles. The quantitative estimate of drug-likeness (QED) is 0.551. The average molecular weight is 404 g/mol. The first-order valence-corrected chi connectivity index (χ1v) is 10.5. The van der Waals surface area contributed by atoms with E-state index >= 15 is 0 Å². The Kier molecular flexibility index (Phi) is 4.60. The van der Waals surface area contributed by atoms with Crippen molar-refractivity contribution in [1.82, 2.24) is 0 Å². The fourth-order valence-corrected chi connectivity index (χ4v) is 5.16. The number of anilines is 2. The summed E-state index contributed by atoms with van der Waals surface area (Å²) in [6, 6.07) is 15.4. The van der Waals surface area contributed by atoms with Crippen LogP contribution < -0.4 is 10.7 Å². The average Bonchev–Trinajstić information content (AvgIpc) is 2.99. The number of para-hydroxylation sites is 1. The van der Waals surface area contributed by atoms with Gasteiger partial charge in [-0.05, 0) is 67.5 Å². The maximum Gasteiger partial charge on any atom is 0.239 e. The predicted octanol–water partition coefficient (Wildman–Crippen LogP) is 5.11. The Hall–Kier alpha value is -2.95. The Labute approximate surface area is 178 Å². The highest BCUT2D eigenvalue weighted by Crippen LogP contribution is 2.69. The van der Waals surface area contributed by atoms with Crippen molar-refractivity contribution >= 4 is 28.8 Å². The zero-order chi connectivity index (χ0) is 21.7. The summed E-state index contributed by atoms with van der Waals surface area (Å²) in [6.07, 6.45) is 1.29. The lowest BCUT2D eigenvalue weighted by atomic mass is 9.64. The number of Topliss-reactive ketones (excluding diaryl/α,β-unsaturated/α-hetero) is 1. The Morgan fingerprint density at radius 2 is 1.63 bits per heavy atom. The van der Waals surface area contributed by atoms with Gasteiger partial charge in [-0.2, -0.15) is 5.10 Å². The topological polar surface area (TPSA) is 70.6 Å². The van der Waals surface area contributed by atoms with Gasteiger partial charge in [-0.25, -0.2) is 0 Å². The van der Waals surface area contributed by atoms with Crippen molar-refractivity contribution in [2.24, 2.45) is 21.3 Å². The van der Waals surface area contributed by atoms with Crippen LogP contribution in [0.5, 0.6) is 0 Å². The number of fused-ring (bicyclic) bond motifs is 2. The second kappa shape index (κ2) is 6.79. The van der Waals surface area contributed by atoms with Gasteiger partial charge in [0, 0.05) is 11.1 Å². The summed E-state index contributed by atoms with van der Waals surface area (Å²) in [5.74, 6) is -0.389. The Balaban J connectivity index is 1.69. The second-order valence-electron chi connectivity index (χ2n) is 9.38. The normalized spacial score (nSPS) is 28.0. The summed E-state index contributed by atoms with van der Waals surface area (Å²) < 4.78 is 0. The predicted molar refractivity (Wildman–Crippen MR) is 121 cm³/mol. The molecule has 2 N–H and O–H groups in total. The van der Waals surface area contributed by atoms with E-state index in [1.165, 1.54) is 5.56 Å². The van der Waals surface area contributed by atoms with E-state index in [4.69, 9.17) is 0 Å². The molecule has 2 aliphatic rings. The third-order valence-electron chi connectivity index (χ3n) is 7.79. The minimum Gasteiger partial charge on any atom is -0.325 e. The van der Waals surface area contributed by atoms with Gasteiger partial charge in [0.05, 0.1) is 5.69 Å². The van der Waals surface area contributed by atoms with Crippen LogP contribution in [-0.2, 0) is 9.59 Å². The van der Waals surface area contributed by atoms with E-state index in [1.807, 2.05) is 76.2 Å². The van der Waals surface area contributed by atoms with E-state index in [-0.39, 0.29) is 11.7 Å². The van der Waals surface area contributed by atoms with E-state index in [0.717, 1.165) is 23.4 Å². The van der Waals surface area contributed by atoms with Gasteiger partial charge in [0.15, 0.2) is 5.78 Å². The molecular weight excluding hydrogens is 374 g/mol. The van der Waals surface area contributed by atoms with Crippen LogP contribution in [0.1, 0.15) is 44.7 Å². The fourth-order valence-electron chi connectivity index (χ4n) is 5.16. The summed E-state index contributed by atoms with van der Waals surface area (Å²) in [5, 5.41) is 7.55. The van der Waals surface area contributed by atoms with E-state index in [0.29, 0.717) is 12.1 Å². The SMILES string of the molecule is Cc1ccc(NC(=O)C23CCC(C)(/C(=N/Nc4ccccc4)C2=O)C3(C)C)cc1C. The molecule has 2 unspecified atom stereocenters. The van der Waals surface area contributed by atoms with Gasteiger partial charge >= 0.3 is 0 Å². The largest absolute Gasteiger partial charge is 0.325 e. The van der Waals surface area contributed by atoms with Crippen molar-refractivity contribution in [3.05, 3.63) is 59.7 Å². The summed E-state index contributed by atoms with van der Waals surface area (Å²) in [4.78, 5) is 27.2. The maximum absolute atomic E-state index is 13.7. The summed E-state index contributed by atoms with van der Waals surface area (Å²) in [7, 11) is 0. The zero-order valence-corrected chi connectivity index (χ0v) is 18.3. The highest BCUT2D eigenvalue weighted by atomic mass is 16.2. The van der Waals surface area contributed by atoms with Crippen LogP contribution in [0.15, 0.2) is 53.6 Å². The number of hydrogen-bond acceptors (Lipinski definition) is 4. The number of benzene rings is 2. The van der Waals surface area contributed by atoms with Gasteiger partial charge in [0.2, 0.25) is 5.91 Å². The van der Waals surface area contributed by atoms with Crippen LogP contribution in [0.4, 0.5) is 11.4 Å². The third-order valence-corrected chi connectivity index (χ3v) is 7.79. The van der Waals surface area contributed by atoms with E-state index in [2.05, 4.69) is 22.8 Å². The standard InChI is InChI=1S/C25H29N3O2/c1-16-11-12-19(15-17(16)2)26-22(30)25-14-13-24(5,23(25,3)4)20(21(25)29)28-27-18-9-7-6-8-10-18/h6-12,15,27H,13-14H2,1-5H3,(H,26,30)/b28-20+. The van der Waals surface area contributed by atoms with E-state index < -0.39 is 16.2 Å². The Bertz CT molecular complexity index is 1060. The molecule has 2 atom stereocenters. The van der Waals surface area contributed by atoms with Gasteiger partial charge in [-0.15, -0.1) is 0 Å². The minimum absolute atomic E-state index is 0.161. The van der Waals surface area contributed by atoms with Crippen LogP contribution in [0.25, 0.3) is 0 Å². The lowest BCUT2D eigenvalue weighted by Crippen LogP contribution is -2.47. The van der Waals surface area contributed by atoms with Gasteiger partial charge in [0.1, 0.15) is 11.1 Å². The Morgan fingerprint density at radius 1 is 0.933 bits per heavy atom. The van der Waals surface area contributed by atoms with Crippen LogP contribution in [0.2, 0.25) is 0 Å². The highest BCUT2D eigenvalue weighted by molar-refractivity contribution is 6.51. The molecule has 1 amide bonds. The molecule has 2 aliphatic carbocycles. The molecule has 0 heterocycles. The van der Waals surface area contributed by atoms with Crippen LogP contribution in [-0.4, -0.2) is 17.4 Å². The van der Waals surface area contributed by atoms with Gasteiger partial charge in [-0.1, -0.05) is 45.0 Å². The molecule has 0 spiro atoms. The first kappa shape index (κ1) is 20.3.